The van der Waals surface area contributed by atoms with Gasteiger partial charge in [0.05, 0.1) is 6.16 Å². The van der Waals surface area contributed by atoms with Gasteiger partial charge < -0.3 is 4.89 Å². The smallest absolute Gasteiger partial charge is 0.323 e. The monoisotopic (exact) mass is 265 g/mol. The van der Waals surface area contributed by atoms with Gasteiger partial charge in [0.25, 0.3) is 0 Å². The normalized spacial score (nSPS) is 14.8. The van der Waals surface area contributed by atoms with Crippen molar-refractivity contribution in [3.63, 3.8) is 0 Å². The molecule has 17 heavy (non-hydrogen) atoms. The van der Waals surface area contributed by atoms with Gasteiger partial charge in [-0.3, -0.25) is 4.57 Å². The van der Waals surface area contributed by atoms with Crippen molar-refractivity contribution in [2.45, 2.75) is 71.1 Å². The van der Waals surface area contributed by atoms with Crippen LogP contribution in [0.3, 0.4) is 0 Å². The summed E-state index contributed by atoms with van der Waals surface area (Å²) in [6, 6.07) is 0. The van der Waals surface area contributed by atoms with Crippen LogP contribution in [0.1, 0.15) is 71.1 Å². The Morgan fingerprint density at radius 2 is 1.35 bits per heavy atom. The Hall–Kier alpha value is 0.110. The van der Waals surface area contributed by atoms with Crippen molar-refractivity contribution in [2.24, 2.45) is 5.90 Å². The van der Waals surface area contributed by atoms with Crippen molar-refractivity contribution < 1.29 is 14.1 Å². The maximum absolute atomic E-state index is 11.0. The Morgan fingerprint density at radius 1 is 0.941 bits per heavy atom. The molecule has 0 aromatic rings. The number of hydrogen-bond donors (Lipinski definition) is 2. The average molecular weight is 265 g/mol. The van der Waals surface area contributed by atoms with Crippen LogP contribution in [0, 0.1) is 0 Å². The number of hydrogen-bond acceptors (Lipinski definition) is 3. The number of rotatable bonds is 12. The van der Waals surface area contributed by atoms with Gasteiger partial charge in [-0.05, 0) is 6.42 Å². The van der Waals surface area contributed by atoms with E-state index in [1.54, 1.807) is 0 Å². The van der Waals surface area contributed by atoms with Crippen LogP contribution >= 0.6 is 7.60 Å². The Morgan fingerprint density at radius 3 is 1.76 bits per heavy atom. The van der Waals surface area contributed by atoms with Crippen LogP contribution in [0.5, 0.6) is 0 Å². The van der Waals surface area contributed by atoms with Crippen LogP contribution in [-0.4, -0.2) is 11.1 Å². The molecule has 0 bridgehead atoms. The molecular formula is C12H28NO3P. The second-order valence-electron chi connectivity index (χ2n) is 4.65. The van der Waals surface area contributed by atoms with Gasteiger partial charge in [0.15, 0.2) is 0 Å². The predicted octanol–water partition coefficient (Wildman–Crippen LogP) is 3.98. The summed E-state index contributed by atoms with van der Waals surface area (Å²) < 4.78 is 15.1. The van der Waals surface area contributed by atoms with E-state index in [0.29, 0.717) is 0 Å². The average Bonchev–Trinajstić information content (AvgIpc) is 2.31. The molecule has 4 nitrogen and oxygen atoms in total. The molecule has 0 rings (SSSR count). The molecule has 0 aromatic carbocycles. The zero-order valence-corrected chi connectivity index (χ0v) is 12.0. The molecule has 104 valence electrons. The van der Waals surface area contributed by atoms with E-state index in [-0.39, 0.29) is 6.16 Å². The molecule has 0 fully saturated rings. The molecule has 0 aliphatic rings. The van der Waals surface area contributed by atoms with Crippen molar-refractivity contribution in [1.29, 1.82) is 0 Å². The zero-order valence-electron chi connectivity index (χ0n) is 11.1. The minimum Gasteiger partial charge on any atom is -0.323 e. The lowest BCUT2D eigenvalue weighted by molar-refractivity contribution is 0.267. The predicted molar refractivity (Wildman–Crippen MR) is 71.8 cm³/mol. The summed E-state index contributed by atoms with van der Waals surface area (Å²) in [4.78, 5) is 9.05. The van der Waals surface area contributed by atoms with Crippen LogP contribution in [0.4, 0.5) is 0 Å². The minimum absolute atomic E-state index is 0.181. The molecule has 1 atom stereocenters. The largest absolute Gasteiger partial charge is 0.344 e. The van der Waals surface area contributed by atoms with E-state index in [9.17, 15) is 4.57 Å². The first kappa shape index (κ1) is 17.1. The molecule has 0 spiro atoms. The molecule has 5 heteroatoms. The van der Waals surface area contributed by atoms with E-state index >= 15 is 0 Å². The lowest BCUT2D eigenvalue weighted by Crippen LogP contribution is -2.00. The summed E-state index contributed by atoms with van der Waals surface area (Å²) in [5, 5.41) is 0. The summed E-state index contributed by atoms with van der Waals surface area (Å²) in [6.07, 6.45) is 12.2. The van der Waals surface area contributed by atoms with Crippen molar-refractivity contribution >= 4 is 7.60 Å². The van der Waals surface area contributed by atoms with Crippen molar-refractivity contribution in [2.75, 3.05) is 6.16 Å². The van der Waals surface area contributed by atoms with Crippen LogP contribution in [0.2, 0.25) is 0 Å². The summed E-state index contributed by atoms with van der Waals surface area (Å²) in [5.41, 5.74) is 0. The second kappa shape index (κ2) is 11.2. The van der Waals surface area contributed by atoms with Crippen LogP contribution in [-0.2, 0) is 9.19 Å². The van der Waals surface area contributed by atoms with E-state index < -0.39 is 7.60 Å². The Labute approximate surface area is 105 Å². The summed E-state index contributed by atoms with van der Waals surface area (Å²) in [6.45, 7) is 2.23. The van der Waals surface area contributed by atoms with E-state index in [1.165, 1.54) is 44.9 Å². The van der Waals surface area contributed by atoms with Crippen molar-refractivity contribution in [1.82, 2.24) is 0 Å². The molecule has 0 saturated carbocycles. The number of unbranched alkanes of at least 4 members (excludes halogenated alkanes) is 9. The van der Waals surface area contributed by atoms with Gasteiger partial charge in [-0.2, -0.15) is 0 Å². The molecule has 0 heterocycles. The standard InChI is InChI=1S/C12H28NO3P/c1-2-3-4-5-6-7-8-9-10-11-12-17(14,15)16-13/h2-13H2,1H3,(H,14,15). The molecule has 3 N–H and O–H groups in total. The molecule has 0 aromatic heterocycles. The Balaban J connectivity index is 3.11. The van der Waals surface area contributed by atoms with E-state index in [2.05, 4.69) is 11.5 Å². The summed E-state index contributed by atoms with van der Waals surface area (Å²) in [5.74, 6) is 4.71. The maximum Gasteiger partial charge on any atom is 0.344 e. The third-order valence-corrected chi connectivity index (χ3v) is 4.17. The lowest BCUT2D eigenvalue weighted by Gasteiger charge is -2.07. The second-order valence-corrected chi connectivity index (χ2v) is 6.58. The van der Waals surface area contributed by atoms with E-state index in [4.69, 9.17) is 10.8 Å². The SMILES string of the molecule is CCCCCCCCCCCCP(=O)(O)ON. The fourth-order valence-electron chi connectivity index (χ4n) is 1.85. The first-order valence-corrected chi connectivity index (χ1v) is 8.59. The zero-order chi connectivity index (χ0) is 13.0. The highest BCUT2D eigenvalue weighted by Gasteiger charge is 2.16. The van der Waals surface area contributed by atoms with E-state index in [0.717, 1.165) is 19.3 Å². The third kappa shape index (κ3) is 12.4. The van der Waals surface area contributed by atoms with Crippen molar-refractivity contribution in [3.8, 4) is 0 Å². The van der Waals surface area contributed by atoms with Gasteiger partial charge in [0, 0.05) is 0 Å². The first-order chi connectivity index (χ1) is 8.12. The Kier molecular flexibility index (Phi) is 11.3. The van der Waals surface area contributed by atoms with Gasteiger partial charge in [0.2, 0.25) is 0 Å². The molecule has 0 aliphatic carbocycles. The van der Waals surface area contributed by atoms with Gasteiger partial charge >= 0.3 is 7.60 Å². The van der Waals surface area contributed by atoms with Crippen LogP contribution < -0.4 is 5.90 Å². The van der Waals surface area contributed by atoms with E-state index in [1.807, 2.05) is 0 Å². The highest BCUT2D eigenvalue weighted by Crippen LogP contribution is 2.40. The topological polar surface area (TPSA) is 72.5 Å². The highest BCUT2D eigenvalue weighted by atomic mass is 31.2. The highest BCUT2D eigenvalue weighted by molar-refractivity contribution is 7.52. The fraction of sp³-hybridized carbons (Fsp3) is 1.00. The Bertz CT molecular complexity index is 212. The lowest BCUT2D eigenvalue weighted by atomic mass is 10.1. The molecule has 0 amide bonds. The van der Waals surface area contributed by atoms with Crippen molar-refractivity contribution in [3.05, 3.63) is 0 Å². The summed E-state index contributed by atoms with van der Waals surface area (Å²) in [7, 11) is -3.47. The number of nitrogens with two attached hydrogens (primary N) is 1. The quantitative estimate of drug-likeness (QED) is 0.318. The first-order valence-electron chi connectivity index (χ1n) is 6.82. The van der Waals surface area contributed by atoms with Gasteiger partial charge in [-0.1, -0.05) is 64.7 Å². The van der Waals surface area contributed by atoms with Gasteiger partial charge in [-0.25, -0.2) is 10.5 Å². The minimum atomic E-state index is -3.47. The van der Waals surface area contributed by atoms with Gasteiger partial charge in [-0.15, -0.1) is 0 Å². The summed E-state index contributed by atoms with van der Waals surface area (Å²) >= 11 is 0. The molecular weight excluding hydrogens is 237 g/mol. The molecule has 1 unspecified atom stereocenters. The van der Waals surface area contributed by atoms with Crippen LogP contribution in [0.25, 0.3) is 0 Å². The van der Waals surface area contributed by atoms with Gasteiger partial charge in [0.1, 0.15) is 0 Å². The third-order valence-electron chi connectivity index (χ3n) is 2.96. The molecule has 0 saturated heterocycles. The fourth-order valence-corrected chi connectivity index (χ4v) is 2.58. The van der Waals surface area contributed by atoms with Crippen LogP contribution in [0.15, 0.2) is 0 Å². The molecule has 0 radical (unpaired) electrons. The molecule has 0 aliphatic heterocycles. The maximum atomic E-state index is 11.0.